The van der Waals surface area contributed by atoms with Gasteiger partial charge in [0.25, 0.3) is 5.78 Å². The molecule has 1 unspecified atom stereocenters. The highest BCUT2D eigenvalue weighted by Gasteiger charge is 2.48. The number of hydrogen-bond acceptors (Lipinski definition) is 10. The van der Waals surface area contributed by atoms with Gasteiger partial charge >= 0.3 is 11.9 Å². The Labute approximate surface area is 273 Å². The Morgan fingerprint density at radius 2 is 1.85 bits per heavy atom. The summed E-state index contributed by atoms with van der Waals surface area (Å²) in [5, 5.41) is 11.7. The van der Waals surface area contributed by atoms with Crippen molar-refractivity contribution in [2.24, 2.45) is 5.92 Å². The summed E-state index contributed by atoms with van der Waals surface area (Å²) in [5.74, 6) is -0.824. The molecule has 11 heteroatoms. The van der Waals surface area contributed by atoms with E-state index in [9.17, 15) is 19.5 Å². The molecule has 1 saturated heterocycles. The second-order valence-corrected chi connectivity index (χ2v) is 12.1. The minimum Gasteiger partial charge on any atom is -0.507 e. The van der Waals surface area contributed by atoms with E-state index < -0.39 is 23.7 Å². The maximum absolute atomic E-state index is 13.7. The molecule has 244 valence electrons. The minimum absolute atomic E-state index is 0.00381. The largest absolute Gasteiger partial charge is 0.507 e. The summed E-state index contributed by atoms with van der Waals surface area (Å²) in [7, 11) is 1.50. The van der Waals surface area contributed by atoms with Gasteiger partial charge in [-0.2, -0.15) is 0 Å². The highest BCUT2D eigenvalue weighted by Crippen LogP contribution is 2.45. The average molecular weight is 649 g/mol. The van der Waals surface area contributed by atoms with Gasteiger partial charge in [-0.05, 0) is 67.6 Å². The number of aliphatic hydroxyl groups excluding tert-OH is 1. The Kier molecular flexibility index (Phi) is 11.6. The van der Waals surface area contributed by atoms with E-state index in [1.54, 1.807) is 49.4 Å². The van der Waals surface area contributed by atoms with Crippen molar-refractivity contribution in [1.82, 2.24) is 4.98 Å². The van der Waals surface area contributed by atoms with E-state index in [1.807, 2.05) is 0 Å². The van der Waals surface area contributed by atoms with Crippen LogP contribution in [0.2, 0.25) is 0 Å². The quantitative estimate of drug-likeness (QED) is 0.0462. The van der Waals surface area contributed by atoms with Crippen LogP contribution < -0.4 is 19.1 Å². The highest BCUT2D eigenvalue weighted by atomic mass is 32.1. The van der Waals surface area contributed by atoms with Crippen LogP contribution in [-0.4, -0.2) is 54.7 Å². The van der Waals surface area contributed by atoms with Crippen molar-refractivity contribution in [2.45, 2.75) is 53.0 Å². The second-order valence-electron chi connectivity index (χ2n) is 11.1. The van der Waals surface area contributed by atoms with Crippen molar-refractivity contribution >= 4 is 39.9 Å². The van der Waals surface area contributed by atoms with Crippen LogP contribution in [0.1, 0.15) is 72.6 Å². The van der Waals surface area contributed by atoms with E-state index in [0.717, 1.165) is 30.6 Å². The Bertz CT molecular complexity index is 1610. The second kappa shape index (κ2) is 15.6. The SMILES string of the molecule is C=CCOC(=O)c1sc(N2C(=O)C(=O)/C(=C(\O)c3ccc(OCCCC)cc3)C2c2ccc(OCCC(C)C)c(OC)c2)nc1C. The Balaban J connectivity index is 1.82. The number of nitrogens with zero attached hydrogens (tertiary/aromatic N) is 2. The van der Waals surface area contributed by atoms with Gasteiger partial charge < -0.3 is 24.1 Å². The normalized spacial score (nSPS) is 15.7. The van der Waals surface area contributed by atoms with E-state index in [-0.39, 0.29) is 27.9 Å². The van der Waals surface area contributed by atoms with Gasteiger partial charge in [0, 0.05) is 5.56 Å². The van der Waals surface area contributed by atoms with E-state index in [0.29, 0.717) is 53.2 Å². The topological polar surface area (TPSA) is 124 Å². The van der Waals surface area contributed by atoms with Crippen molar-refractivity contribution in [1.29, 1.82) is 0 Å². The molecule has 1 aliphatic heterocycles. The molecule has 4 rings (SSSR count). The number of ether oxygens (including phenoxy) is 4. The highest BCUT2D eigenvalue weighted by molar-refractivity contribution is 7.17. The number of carbonyl (C=O) groups excluding carboxylic acids is 3. The molecule has 0 aliphatic carbocycles. The summed E-state index contributed by atoms with van der Waals surface area (Å²) in [5.41, 5.74) is 0.996. The average Bonchev–Trinajstić information content (AvgIpc) is 3.55. The van der Waals surface area contributed by atoms with E-state index in [2.05, 4.69) is 32.3 Å². The number of methoxy groups -OCH3 is 1. The van der Waals surface area contributed by atoms with E-state index >= 15 is 0 Å². The Morgan fingerprint density at radius 1 is 1.11 bits per heavy atom. The van der Waals surface area contributed by atoms with Gasteiger partial charge in [0.1, 0.15) is 23.0 Å². The molecule has 0 bridgehead atoms. The number of carbonyl (C=O) groups is 3. The number of aromatic nitrogens is 1. The molecular formula is C35H40N2O8S. The number of unbranched alkanes of at least 4 members (excludes halogenated alkanes) is 1. The number of aliphatic hydroxyl groups is 1. The number of Topliss-reactive ketones (excluding diaryl/α,β-unsaturated/α-hetero) is 1. The first-order valence-electron chi connectivity index (χ1n) is 15.2. The standard InChI is InChI=1S/C35H40N2O8S/c1-7-9-18-43-25-13-10-23(11-14-25)30(38)28-29(24-12-15-26(27(20-24)42-6)44-19-16-21(3)4)37(33(40)31(28)39)35-36-22(5)32(46-35)34(41)45-17-8-2/h8,10-15,20-21,29,38H,2,7,9,16-19H2,1,3-6H3/b30-28-. The van der Waals surface area contributed by atoms with Crippen LogP contribution in [0.15, 0.2) is 60.7 Å². The molecule has 0 radical (unpaired) electrons. The van der Waals surface area contributed by atoms with Gasteiger partial charge in [-0.25, -0.2) is 9.78 Å². The third-order valence-corrected chi connectivity index (χ3v) is 8.44. The monoisotopic (exact) mass is 648 g/mol. The van der Waals surface area contributed by atoms with Gasteiger partial charge in [0.15, 0.2) is 16.6 Å². The summed E-state index contributed by atoms with van der Waals surface area (Å²) < 4.78 is 22.5. The summed E-state index contributed by atoms with van der Waals surface area (Å²) in [4.78, 5) is 46.0. The third kappa shape index (κ3) is 7.59. The first kappa shape index (κ1) is 34.2. The van der Waals surface area contributed by atoms with Gasteiger partial charge in [0.05, 0.1) is 37.6 Å². The molecule has 2 aromatic carbocycles. The molecule has 10 nitrogen and oxygen atoms in total. The van der Waals surface area contributed by atoms with Crippen molar-refractivity contribution in [2.75, 3.05) is 31.8 Å². The van der Waals surface area contributed by atoms with Crippen molar-refractivity contribution in [3.05, 3.63) is 82.4 Å². The van der Waals surface area contributed by atoms with Crippen LogP contribution in [0.4, 0.5) is 5.13 Å². The maximum Gasteiger partial charge on any atom is 0.350 e. The summed E-state index contributed by atoms with van der Waals surface area (Å²) in [6.07, 6.45) is 4.18. The molecule has 0 saturated carbocycles. The molecule has 1 amide bonds. The number of rotatable bonds is 15. The first-order chi connectivity index (χ1) is 22.1. The van der Waals surface area contributed by atoms with Crippen molar-refractivity contribution in [3.8, 4) is 17.2 Å². The minimum atomic E-state index is -1.10. The summed E-state index contributed by atoms with van der Waals surface area (Å²) in [6, 6.07) is 10.7. The zero-order chi connectivity index (χ0) is 33.4. The molecule has 0 spiro atoms. The third-order valence-electron chi connectivity index (χ3n) is 7.30. The number of thiazole rings is 1. The molecule has 46 heavy (non-hydrogen) atoms. The fourth-order valence-electron chi connectivity index (χ4n) is 4.80. The predicted octanol–water partition coefficient (Wildman–Crippen LogP) is 7.03. The van der Waals surface area contributed by atoms with Crippen LogP contribution in [-0.2, 0) is 14.3 Å². The fraction of sp³-hybridized carbons (Fsp3) is 0.371. The summed E-state index contributed by atoms with van der Waals surface area (Å²) in [6.45, 7) is 12.5. The van der Waals surface area contributed by atoms with Crippen LogP contribution >= 0.6 is 11.3 Å². The molecule has 1 fully saturated rings. The lowest BCUT2D eigenvalue weighted by Gasteiger charge is -2.24. The van der Waals surface area contributed by atoms with Crippen LogP contribution in [0.25, 0.3) is 5.76 Å². The van der Waals surface area contributed by atoms with E-state index in [1.165, 1.54) is 18.1 Å². The number of hydrogen-bond donors (Lipinski definition) is 1. The number of aryl methyl sites for hydroxylation is 1. The Morgan fingerprint density at radius 3 is 2.50 bits per heavy atom. The van der Waals surface area contributed by atoms with Crippen LogP contribution in [0, 0.1) is 12.8 Å². The number of anilines is 1. The molecule has 1 aromatic heterocycles. The smallest absolute Gasteiger partial charge is 0.350 e. The fourth-order valence-corrected chi connectivity index (χ4v) is 5.78. The molecule has 1 N–H and O–H groups in total. The van der Waals surface area contributed by atoms with Crippen LogP contribution in [0.3, 0.4) is 0 Å². The molecule has 3 aromatic rings. The number of ketones is 1. The summed E-state index contributed by atoms with van der Waals surface area (Å²) >= 11 is 0.924. The lowest BCUT2D eigenvalue weighted by molar-refractivity contribution is -0.132. The van der Waals surface area contributed by atoms with Crippen molar-refractivity contribution in [3.63, 3.8) is 0 Å². The van der Waals surface area contributed by atoms with Crippen LogP contribution in [0.5, 0.6) is 17.2 Å². The first-order valence-corrected chi connectivity index (χ1v) is 16.0. The van der Waals surface area contributed by atoms with Gasteiger partial charge in [-0.3, -0.25) is 14.5 Å². The number of benzene rings is 2. The predicted molar refractivity (Wildman–Crippen MR) is 177 cm³/mol. The molecule has 1 atom stereocenters. The maximum atomic E-state index is 13.7. The van der Waals surface area contributed by atoms with Gasteiger partial charge in [-0.1, -0.05) is 57.3 Å². The Hall–Kier alpha value is -4.64. The van der Waals surface area contributed by atoms with E-state index in [4.69, 9.17) is 18.9 Å². The molecule has 1 aliphatic rings. The lowest BCUT2D eigenvalue weighted by Crippen LogP contribution is -2.29. The lowest BCUT2D eigenvalue weighted by atomic mass is 9.95. The number of esters is 1. The molecule has 2 heterocycles. The zero-order valence-electron chi connectivity index (χ0n) is 26.8. The van der Waals surface area contributed by atoms with Gasteiger partial charge in [0.2, 0.25) is 0 Å². The molecular weight excluding hydrogens is 608 g/mol. The van der Waals surface area contributed by atoms with Gasteiger partial charge in [-0.15, -0.1) is 0 Å². The van der Waals surface area contributed by atoms with Crippen molar-refractivity contribution < 1.29 is 38.4 Å². The number of amides is 1. The zero-order valence-corrected chi connectivity index (χ0v) is 27.6.